The van der Waals surface area contributed by atoms with Crippen LogP contribution in [0.15, 0.2) is 18.3 Å². The second-order valence-electron chi connectivity index (χ2n) is 5.31. The molecule has 1 aromatic rings. The number of pyridine rings is 1. The Balaban J connectivity index is 1.63. The summed E-state index contributed by atoms with van der Waals surface area (Å²) in [6, 6.07) is 3.91. The van der Waals surface area contributed by atoms with Gasteiger partial charge in [0.05, 0.1) is 13.2 Å². The van der Waals surface area contributed by atoms with Gasteiger partial charge in [0.2, 0.25) is 5.91 Å². The summed E-state index contributed by atoms with van der Waals surface area (Å²) in [7, 11) is 0. The summed E-state index contributed by atoms with van der Waals surface area (Å²) < 4.78 is 10.8. The summed E-state index contributed by atoms with van der Waals surface area (Å²) in [5.74, 6) is 0.915. The molecule has 2 fully saturated rings. The molecule has 2 aliphatic rings. The number of carbonyl (C=O) groups excluding carboxylic acids is 1. The van der Waals surface area contributed by atoms with Crippen LogP contribution in [-0.2, 0) is 20.8 Å². The first kappa shape index (κ1) is 14.3. The number of nitrogens with zero attached hydrogens (tertiary/aromatic N) is 2. The largest absolute Gasteiger partial charge is 0.378 e. The molecule has 0 radical (unpaired) electrons. The molecule has 0 aromatic carbocycles. The number of anilines is 1. The lowest BCUT2D eigenvalue weighted by atomic mass is 10.2. The summed E-state index contributed by atoms with van der Waals surface area (Å²) in [6.07, 6.45) is 3.28. The number of aromatic nitrogens is 1. The van der Waals surface area contributed by atoms with Gasteiger partial charge < -0.3 is 19.7 Å². The average Bonchev–Trinajstić information content (AvgIpc) is 3.08. The van der Waals surface area contributed by atoms with Crippen LogP contribution in [0.25, 0.3) is 0 Å². The minimum atomic E-state index is -0.284. The molecule has 3 rings (SSSR count). The fraction of sp³-hybridized carbons (Fsp3) is 0.600. The quantitative estimate of drug-likeness (QED) is 0.885. The minimum absolute atomic E-state index is 0.0238. The molecule has 3 heterocycles. The first-order chi connectivity index (χ1) is 10.3. The van der Waals surface area contributed by atoms with Crippen LogP contribution in [-0.4, -0.2) is 49.9 Å². The summed E-state index contributed by atoms with van der Waals surface area (Å²) in [5.41, 5.74) is 1.03. The van der Waals surface area contributed by atoms with Crippen LogP contribution >= 0.6 is 0 Å². The van der Waals surface area contributed by atoms with Crippen molar-refractivity contribution in [3.63, 3.8) is 0 Å². The van der Waals surface area contributed by atoms with E-state index in [9.17, 15) is 4.79 Å². The van der Waals surface area contributed by atoms with Crippen molar-refractivity contribution in [2.45, 2.75) is 25.5 Å². The van der Waals surface area contributed by atoms with E-state index in [1.165, 1.54) is 0 Å². The Morgan fingerprint density at radius 3 is 3.00 bits per heavy atom. The fourth-order valence-corrected chi connectivity index (χ4v) is 2.71. The van der Waals surface area contributed by atoms with Crippen LogP contribution < -0.4 is 10.2 Å². The Hall–Kier alpha value is -1.66. The smallest absolute Gasteiger partial charge is 0.249 e. The van der Waals surface area contributed by atoms with Gasteiger partial charge in [-0.2, -0.15) is 0 Å². The first-order valence-electron chi connectivity index (χ1n) is 7.50. The molecule has 6 nitrogen and oxygen atoms in total. The van der Waals surface area contributed by atoms with Gasteiger partial charge in [-0.3, -0.25) is 4.79 Å². The normalized spacial score (nSPS) is 22.3. The fourth-order valence-electron chi connectivity index (χ4n) is 2.71. The summed E-state index contributed by atoms with van der Waals surface area (Å²) in [4.78, 5) is 18.7. The number of hydrogen-bond acceptors (Lipinski definition) is 5. The topological polar surface area (TPSA) is 63.7 Å². The molecule has 0 aliphatic carbocycles. The molecule has 1 aromatic heterocycles. The summed E-state index contributed by atoms with van der Waals surface area (Å²) in [6.45, 7) is 4.28. The molecule has 2 saturated heterocycles. The van der Waals surface area contributed by atoms with E-state index in [2.05, 4.69) is 15.2 Å². The number of ether oxygens (including phenoxy) is 2. The Labute approximate surface area is 124 Å². The zero-order chi connectivity index (χ0) is 14.5. The SMILES string of the molecule is O=C(NCc1cccnc1N1CCOCC1)C1CCCO1. The van der Waals surface area contributed by atoms with Gasteiger partial charge >= 0.3 is 0 Å². The highest BCUT2D eigenvalue weighted by atomic mass is 16.5. The van der Waals surface area contributed by atoms with Gasteiger partial charge in [0, 0.05) is 38.0 Å². The lowest BCUT2D eigenvalue weighted by Gasteiger charge is -2.29. The van der Waals surface area contributed by atoms with Crippen molar-refractivity contribution in [1.29, 1.82) is 0 Å². The summed E-state index contributed by atoms with van der Waals surface area (Å²) >= 11 is 0. The van der Waals surface area contributed by atoms with Crippen LogP contribution in [0.4, 0.5) is 5.82 Å². The molecule has 0 spiro atoms. The molecule has 114 valence electrons. The average molecular weight is 291 g/mol. The highest BCUT2D eigenvalue weighted by Gasteiger charge is 2.23. The van der Waals surface area contributed by atoms with Crippen LogP contribution in [0.5, 0.6) is 0 Å². The van der Waals surface area contributed by atoms with Crippen molar-refractivity contribution >= 4 is 11.7 Å². The molecule has 2 aliphatic heterocycles. The molecule has 1 atom stereocenters. The van der Waals surface area contributed by atoms with Gasteiger partial charge in [-0.15, -0.1) is 0 Å². The third-order valence-electron chi connectivity index (χ3n) is 3.85. The van der Waals surface area contributed by atoms with Gasteiger partial charge in [0.15, 0.2) is 0 Å². The van der Waals surface area contributed by atoms with Gasteiger partial charge in [0.25, 0.3) is 0 Å². The third kappa shape index (κ3) is 3.51. The number of nitrogens with one attached hydrogen (secondary N) is 1. The van der Waals surface area contributed by atoms with Gasteiger partial charge in [0.1, 0.15) is 11.9 Å². The van der Waals surface area contributed by atoms with E-state index in [0.29, 0.717) is 13.2 Å². The van der Waals surface area contributed by atoms with Crippen molar-refractivity contribution in [3.8, 4) is 0 Å². The minimum Gasteiger partial charge on any atom is -0.378 e. The predicted molar refractivity (Wildman–Crippen MR) is 78.1 cm³/mol. The standard InChI is InChI=1S/C15H21N3O3/c19-15(13-4-2-8-21-13)17-11-12-3-1-5-16-14(12)18-6-9-20-10-7-18/h1,3,5,13H,2,4,6-11H2,(H,17,19). The van der Waals surface area contributed by atoms with Crippen LogP contribution in [0.2, 0.25) is 0 Å². The Kier molecular flexibility index (Phi) is 4.67. The molecular formula is C15H21N3O3. The van der Waals surface area contributed by atoms with Gasteiger partial charge in [-0.05, 0) is 18.9 Å². The third-order valence-corrected chi connectivity index (χ3v) is 3.85. The molecule has 21 heavy (non-hydrogen) atoms. The second kappa shape index (κ2) is 6.87. The highest BCUT2D eigenvalue weighted by molar-refractivity contribution is 5.81. The predicted octanol–water partition coefficient (Wildman–Crippen LogP) is 0.713. The molecule has 0 saturated carbocycles. The number of rotatable bonds is 4. The number of hydrogen-bond donors (Lipinski definition) is 1. The Morgan fingerprint density at radius 1 is 1.38 bits per heavy atom. The maximum Gasteiger partial charge on any atom is 0.249 e. The number of carbonyl (C=O) groups is 1. The van der Waals surface area contributed by atoms with E-state index in [4.69, 9.17) is 9.47 Å². The highest BCUT2D eigenvalue weighted by Crippen LogP contribution is 2.19. The maximum atomic E-state index is 12.0. The zero-order valence-electron chi connectivity index (χ0n) is 12.1. The van der Waals surface area contributed by atoms with Crippen molar-refractivity contribution in [2.24, 2.45) is 0 Å². The van der Waals surface area contributed by atoms with E-state index in [1.807, 2.05) is 12.1 Å². The van der Waals surface area contributed by atoms with Crippen molar-refractivity contribution < 1.29 is 14.3 Å². The van der Waals surface area contributed by atoms with E-state index < -0.39 is 0 Å². The molecule has 1 amide bonds. The lowest BCUT2D eigenvalue weighted by Crippen LogP contribution is -2.38. The second-order valence-corrected chi connectivity index (χ2v) is 5.31. The van der Waals surface area contributed by atoms with Crippen LogP contribution in [0.1, 0.15) is 18.4 Å². The molecular weight excluding hydrogens is 270 g/mol. The monoisotopic (exact) mass is 291 g/mol. The first-order valence-corrected chi connectivity index (χ1v) is 7.50. The molecule has 1 unspecified atom stereocenters. The lowest BCUT2D eigenvalue weighted by molar-refractivity contribution is -0.130. The maximum absolute atomic E-state index is 12.0. The van der Waals surface area contributed by atoms with E-state index >= 15 is 0 Å². The van der Waals surface area contributed by atoms with E-state index in [1.54, 1.807) is 6.20 Å². The van der Waals surface area contributed by atoms with Crippen LogP contribution in [0, 0.1) is 0 Å². The van der Waals surface area contributed by atoms with E-state index in [-0.39, 0.29) is 12.0 Å². The molecule has 6 heteroatoms. The van der Waals surface area contributed by atoms with Gasteiger partial charge in [-0.1, -0.05) is 6.07 Å². The van der Waals surface area contributed by atoms with Crippen molar-refractivity contribution in [1.82, 2.24) is 10.3 Å². The molecule has 0 bridgehead atoms. The zero-order valence-corrected chi connectivity index (χ0v) is 12.1. The van der Waals surface area contributed by atoms with Crippen molar-refractivity contribution in [3.05, 3.63) is 23.9 Å². The Bertz CT molecular complexity index is 483. The number of morpholine rings is 1. The Morgan fingerprint density at radius 2 is 2.24 bits per heavy atom. The van der Waals surface area contributed by atoms with Crippen LogP contribution in [0.3, 0.4) is 0 Å². The number of amides is 1. The van der Waals surface area contributed by atoms with Crippen molar-refractivity contribution in [2.75, 3.05) is 37.8 Å². The molecule has 1 N–H and O–H groups in total. The van der Waals surface area contributed by atoms with Gasteiger partial charge in [-0.25, -0.2) is 4.98 Å². The van der Waals surface area contributed by atoms with E-state index in [0.717, 1.165) is 50.5 Å². The summed E-state index contributed by atoms with van der Waals surface area (Å²) in [5, 5.41) is 2.96.